The standard InChI is InChI=1S/C2H6ClO2PS/c1-4-6(5-2)7-3/h1-2H3. The first-order valence-corrected chi connectivity index (χ1v) is 4.94. The molecule has 7 heavy (non-hydrogen) atoms. The molecule has 0 spiro atoms. The zero-order chi connectivity index (χ0) is 5.70. The lowest BCUT2D eigenvalue weighted by molar-refractivity contribution is 0.357. The van der Waals surface area contributed by atoms with Crippen LogP contribution >= 0.6 is 28.9 Å². The van der Waals surface area contributed by atoms with Gasteiger partial charge in [0.25, 0.3) is 7.58 Å². The fraction of sp³-hybridized carbons (Fsp3) is 1.00. The van der Waals surface area contributed by atoms with E-state index in [0.717, 1.165) is 10.6 Å². The first kappa shape index (κ1) is 7.99. The summed E-state index contributed by atoms with van der Waals surface area (Å²) in [4.78, 5) is 0. The summed E-state index contributed by atoms with van der Waals surface area (Å²) in [6.07, 6.45) is 0. The van der Waals surface area contributed by atoms with Crippen LogP contribution in [0.1, 0.15) is 0 Å². The maximum absolute atomic E-state index is 5.26. The van der Waals surface area contributed by atoms with Crippen LogP contribution in [0.25, 0.3) is 0 Å². The van der Waals surface area contributed by atoms with Crippen molar-refractivity contribution >= 4 is 28.9 Å². The number of hydrogen-bond acceptors (Lipinski definition) is 3. The first-order chi connectivity index (χ1) is 3.35. The zero-order valence-corrected chi connectivity index (χ0v) is 6.52. The molecule has 0 N–H and O–H groups in total. The maximum Gasteiger partial charge on any atom is 0.253 e. The van der Waals surface area contributed by atoms with Gasteiger partial charge in [0.15, 0.2) is 0 Å². The molecule has 0 radical (unpaired) electrons. The maximum atomic E-state index is 5.26. The van der Waals surface area contributed by atoms with Crippen molar-refractivity contribution in [1.82, 2.24) is 0 Å². The highest BCUT2D eigenvalue weighted by atomic mass is 35.7. The summed E-state index contributed by atoms with van der Waals surface area (Å²) in [6, 6.07) is 0. The van der Waals surface area contributed by atoms with Crippen LogP contribution in [0, 0.1) is 0 Å². The summed E-state index contributed by atoms with van der Waals surface area (Å²) in [5.74, 6) is 0. The number of rotatable bonds is 3. The molecule has 0 saturated heterocycles. The predicted octanol–water partition coefficient (Wildman–Crippen LogP) is 2.39. The van der Waals surface area contributed by atoms with E-state index in [9.17, 15) is 0 Å². The summed E-state index contributed by atoms with van der Waals surface area (Å²) < 4.78 is 9.44. The summed E-state index contributed by atoms with van der Waals surface area (Å²) in [7, 11) is 8.57. The Kier molecular flexibility index (Phi) is 5.86. The van der Waals surface area contributed by atoms with E-state index in [-0.39, 0.29) is 0 Å². The third kappa shape index (κ3) is 3.56. The second-order valence-electron chi connectivity index (χ2n) is 0.658. The Hall–Kier alpha value is 0.990. The molecule has 0 amide bonds. The van der Waals surface area contributed by atoms with Crippen molar-refractivity contribution < 1.29 is 9.05 Å². The lowest BCUT2D eigenvalue weighted by Gasteiger charge is -2.03. The summed E-state index contributed by atoms with van der Waals surface area (Å²) in [6.45, 7) is 0. The molecule has 0 heterocycles. The molecule has 2 nitrogen and oxygen atoms in total. The zero-order valence-electron chi connectivity index (χ0n) is 4.05. The number of hydrogen-bond donors (Lipinski definition) is 0. The van der Waals surface area contributed by atoms with E-state index in [4.69, 9.17) is 19.7 Å². The molecule has 0 aliphatic carbocycles. The van der Waals surface area contributed by atoms with Crippen molar-refractivity contribution in [2.24, 2.45) is 0 Å². The molecule has 0 atom stereocenters. The van der Waals surface area contributed by atoms with Crippen molar-refractivity contribution in [3.63, 3.8) is 0 Å². The summed E-state index contributed by atoms with van der Waals surface area (Å²) >= 11 is 0. The molecule has 5 heteroatoms. The Balaban J connectivity index is 2.99. The molecule has 0 aromatic rings. The van der Waals surface area contributed by atoms with Crippen LogP contribution in [-0.2, 0) is 9.05 Å². The van der Waals surface area contributed by atoms with Crippen molar-refractivity contribution in [2.45, 2.75) is 0 Å². The molecule has 0 unspecified atom stereocenters. The third-order valence-electron chi connectivity index (χ3n) is 0.354. The minimum atomic E-state index is -0.872. The van der Waals surface area contributed by atoms with Gasteiger partial charge < -0.3 is 9.05 Å². The lowest BCUT2D eigenvalue weighted by Crippen LogP contribution is -1.71. The van der Waals surface area contributed by atoms with Gasteiger partial charge in [0.1, 0.15) is 0 Å². The van der Waals surface area contributed by atoms with Crippen molar-refractivity contribution in [1.29, 1.82) is 0 Å². The normalized spacial score (nSPS) is 10.3. The van der Waals surface area contributed by atoms with Crippen LogP contribution in [0.5, 0.6) is 0 Å². The molecule has 0 aliphatic heterocycles. The van der Waals surface area contributed by atoms with Crippen LogP contribution in [-0.4, -0.2) is 14.2 Å². The second kappa shape index (κ2) is 5.13. The van der Waals surface area contributed by atoms with Crippen molar-refractivity contribution in [3.8, 4) is 0 Å². The van der Waals surface area contributed by atoms with E-state index in [0.29, 0.717) is 0 Å². The van der Waals surface area contributed by atoms with E-state index in [1.165, 1.54) is 0 Å². The molecule has 0 aliphatic rings. The van der Waals surface area contributed by atoms with Gasteiger partial charge in [0, 0.05) is 24.8 Å². The molecule has 0 saturated carbocycles. The fourth-order valence-electron chi connectivity index (χ4n) is 0.131. The van der Waals surface area contributed by atoms with Gasteiger partial charge in [-0.2, -0.15) is 0 Å². The summed E-state index contributed by atoms with van der Waals surface area (Å²) in [5, 5.41) is 0. The van der Waals surface area contributed by atoms with Crippen LogP contribution in [0.2, 0.25) is 0 Å². The minimum absolute atomic E-state index is 0.872. The Morgan fingerprint density at radius 2 is 1.86 bits per heavy atom. The van der Waals surface area contributed by atoms with Gasteiger partial charge in [-0.25, -0.2) is 0 Å². The Morgan fingerprint density at radius 1 is 1.43 bits per heavy atom. The molecular weight excluding hydrogens is 155 g/mol. The van der Waals surface area contributed by atoms with Gasteiger partial charge in [-0.05, 0) is 10.7 Å². The van der Waals surface area contributed by atoms with E-state index < -0.39 is 7.58 Å². The van der Waals surface area contributed by atoms with Crippen molar-refractivity contribution in [2.75, 3.05) is 14.2 Å². The smallest absolute Gasteiger partial charge is 0.253 e. The highest BCUT2D eigenvalue weighted by molar-refractivity contribution is 8.64. The molecule has 0 fully saturated rings. The molecule has 0 rings (SSSR count). The third-order valence-corrected chi connectivity index (χ3v) is 3.31. The SMILES string of the molecule is COP(OC)SCl. The topological polar surface area (TPSA) is 18.5 Å². The van der Waals surface area contributed by atoms with Gasteiger partial charge in [-0.1, -0.05) is 0 Å². The Labute approximate surface area is 52.7 Å². The van der Waals surface area contributed by atoms with E-state index in [2.05, 4.69) is 0 Å². The monoisotopic (exact) mass is 160 g/mol. The Bertz CT molecular complexity index is 37.2. The van der Waals surface area contributed by atoms with Gasteiger partial charge in [0.05, 0.1) is 0 Å². The van der Waals surface area contributed by atoms with Gasteiger partial charge >= 0.3 is 0 Å². The van der Waals surface area contributed by atoms with E-state index in [1.54, 1.807) is 14.2 Å². The average molecular weight is 161 g/mol. The highest BCUT2D eigenvalue weighted by Gasteiger charge is 2.02. The first-order valence-electron chi connectivity index (χ1n) is 1.52. The minimum Gasteiger partial charge on any atom is -0.329 e. The van der Waals surface area contributed by atoms with Gasteiger partial charge in [0.2, 0.25) is 0 Å². The quantitative estimate of drug-likeness (QED) is 0.591. The average Bonchev–Trinajstić information content (AvgIpc) is 1.72. The molecule has 0 aromatic heterocycles. The lowest BCUT2D eigenvalue weighted by atomic mass is 11.8. The van der Waals surface area contributed by atoms with Crippen LogP contribution < -0.4 is 0 Å². The van der Waals surface area contributed by atoms with Crippen LogP contribution in [0.15, 0.2) is 0 Å². The van der Waals surface area contributed by atoms with E-state index >= 15 is 0 Å². The largest absolute Gasteiger partial charge is 0.329 e. The van der Waals surface area contributed by atoms with Crippen LogP contribution in [0.3, 0.4) is 0 Å². The Morgan fingerprint density at radius 3 is 1.86 bits per heavy atom. The van der Waals surface area contributed by atoms with Gasteiger partial charge in [-0.15, -0.1) is 0 Å². The van der Waals surface area contributed by atoms with Crippen molar-refractivity contribution in [3.05, 3.63) is 0 Å². The summed E-state index contributed by atoms with van der Waals surface area (Å²) in [5.41, 5.74) is 0. The second-order valence-corrected chi connectivity index (χ2v) is 4.52. The molecule has 44 valence electrons. The molecule has 0 aromatic carbocycles. The predicted molar refractivity (Wildman–Crippen MR) is 34.4 cm³/mol. The van der Waals surface area contributed by atoms with E-state index in [1.807, 2.05) is 0 Å². The van der Waals surface area contributed by atoms with Crippen LogP contribution in [0.4, 0.5) is 0 Å². The van der Waals surface area contributed by atoms with Gasteiger partial charge in [-0.3, -0.25) is 0 Å². The molecule has 0 bridgehead atoms. The molecular formula is C2H6ClO2PS. The highest BCUT2D eigenvalue weighted by Crippen LogP contribution is 2.52. The fourth-order valence-corrected chi connectivity index (χ4v) is 1.74. The number of halogens is 1.